The van der Waals surface area contributed by atoms with Gasteiger partial charge in [-0.2, -0.15) is 5.10 Å². The van der Waals surface area contributed by atoms with Crippen molar-refractivity contribution in [2.75, 3.05) is 6.54 Å². The van der Waals surface area contributed by atoms with E-state index >= 15 is 0 Å². The van der Waals surface area contributed by atoms with Crippen molar-refractivity contribution >= 4 is 35.0 Å². The lowest BCUT2D eigenvalue weighted by Crippen LogP contribution is -2.54. The first-order chi connectivity index (χ1) is 19.3. The number of hydrogen-bond acceptors (Lipinski definition) is 5. The van der Waals surface area contributed by atoms with Gasteiger partial charge in [0, 0.05) is 22.2 Å². The van der Waals surface area contributed by atoms with Crippen LogP contribution in [-0.4, -0.2) is 46.5 Å². The van der Waals surface area contributed by atoms with Gasteiger partial charge in [0.15, 0.2) is 0 Å². The highest BCUT2D eigenvalue weighted by Crippen LogP contribution is 2.48. The van der Waals surface area contributed by atoms with Gasteiger partial charge in [-0.15, -0.1) is 0 Å². The number of nitrogens with two attached hydrogens (primary N) is 2. The maximum Gasteiger partial charge on any atom is 0.274 e. The molecule has 1 aromatic rings. The van der Waals surface area contributed by atoms with Crippen LogP contribution in [0.2, 0.25) is 5.02 Å². The minimum atomic E-state index is -0.694. The van der Waals surface area contributed by atoms with E-state index in [0.29, 0.717) is 36.3 Å². The summed E-state index contributed by atoms with van der Waals surface area (Å²) in [6.07, 6.45) is 10.8. The topological polar surface area (TPSA) is 126 Å². The molecule has 1 spiro atoms. The monoisotopic (exact) mass is 586 g/mol. The zero-order valence-corrected chi connectivity index (χ0v) is 25.6. The first-order valence-corrected chi connectivity index (χ1v) is 14.8. The number of hydrogen-bond donors (Lipinski definition) is 3. The Bertz CT molecular complexity index is 1220. The van der Waals surface area contributed by atoms with E-state index in [4.69, 9.17) is 28.2 Å². The third-order valence-corrected chi connectivity index (χ3v) is 8.38. The molecule has 2 aliphatic rings. The number of benzene rings is 1. The number of rotatable bonds is 10. The fourth-order valence-electron chi connectivity index (χ4n) is 5.88. The summed E-state index contributed by atoms with van der Waals surface area (Å²) >= 11 is 6.16. The fourth-order valence-corrected chi connectivity index (χ4v) is 6.10. The summed E-state index contributed by atoms with van der Waals surface area (Å²) in [6, 6.07) is 3.98. The van der Waals surface area contributed by atoms with Crippen molar-refractivity contribution in [3.8, 4) is 0 Å². The third-order valence-electron chi connectivity index (χ3n) is 8.16. The number of halogens is 2. The summed E-state index contributed by atoms with van der Waals surface area (Å²) in [7, 11) is 0. The second kappa shape index (κ2) is 13.6. The molecule has 0 radical (unpaired) electrons. The van der Waals surface area contributed by atoms with E-state index in [1.165, 1.54) is 12.1 Å². The number of amidine groups is 1. The third kappa shape index (κ3) is 7.76. The predicted molar refractivity (Wildman–Crippen MR) is 164 cm³/mol. The molecule has 10 heteroatoms. The lowest BCUT2D eigenvalue weighted by Gasteiger charge is -2.47. The minimum absolute atomic E-state index is 0.0480. The summed E-state index contributed by atoms with van der Waals surface area (Å²) in [5.41, 5.74) is 6.22. The van der Waals surface area contributed by atoms with Crippen LogP contribution in [0, 0.1) is 17.2 Å². The van der Waals surface area contributed by atoms with Gasteiger partial charge in [0.05, 0.1) is 6.54 Å². The first kappa shape index (κ1) is 32.3. The highest BCUT2D eigenvalue weighted by Gasteiger charge is 2.52. The SMILES string of the molecule is CC/C=C(\C=C/CC(CC)N1C(=O)C(c2cc(F)cc(Cl)c2)=NC12CCC(C(C)(C)C)CC2)C(=O)NC/C(N)=N/N. The molecule has 41 heavy (non-hydrogen) atoms. The molecule has 5 N–H and O–H groups in total. The average Bonchev–Trinajstić information content (AvgIpc) is 3.19. The minimum Gasteiger partial charge on any atom is -0.384 e. The van der Waals surface area contributed by atoms with Crippen molar-refractivity contribution < 1.29 is 14.0 Å². The Morgan fingerprint density at radius 2 is 1.98 bits per heavy atom. The van der Waals surface area contributed by atoms with Crippen LogP contribution >= 0.6 is 11.6 Å². The van der Waals surface area contributed by atoms with Crippen LogP contribution < -0.4 is 16.9 Å². The van der Waals surface area contributed by atoms with E-state index < -0.39 is 11.5 Å². The van der Waals surface area contributed by atoms with Gasteiger partial charge in [-0.05, 0) is 74.5 Å². The zero-order valence-electron chi connectivity index (χ0n) is 24.8. The van der Waals surface area contributed by atoms with Gasteiger partial charge >= 0.3 is 0 Å². The summed E-state index contributed by atoms with van der Waals surface area (Å²) in [6.45, 7) is 10.8. The van der Waals surface area contributed by atoms with Crippen molar-refractivity contribution in [2.24, 2.45) is 33.0 Å². The Morgan fingerprint density at radius 1 is 1.29 bits per heavy atom. The lowest BCUT2D eigenvalue weighted by molar-refractivity contribution is -0.133. The van der Waals surface area contributed by atoms with Crippen LogP contribution in [-0.2, 0) is 9.59 Å². The Morgan fingerprint density at radius 3 is 2.54 bits per heavy atom. The number of aliphatic imine (C=N–C) groups is 1. The summed E-state index contributed by atoms with van der Waals surface area (Å²) in [5, 5.41) is 6.31. The van der Waals surface area contributed by atoms with Crippen molar-refractivity contribution in [2.45, 2.75) is 91.3 Å². The summed E-state index contributed by atoms with van der Waals surface area (Å²) in [4.78, 5) is 33.8. The smallest absolute Gasteiger partial charge is 0.274 e. The molecule has 0 bridgehead atoms. The molecule has 1 unspecified atom stereocenters. The molecule has 1 saturated carbocycles. The molecule has 1 heterocycles. The maximum atomic E-state index is 14.3. The molecule has 0 saturated heterocycles. The Balaban J connectivity index is 1.90. The number of hydrazone groups is 1. The second-order valence-corrected chi connectivity index (χ2v) is 12.4. The predicted octanol–water partition coefficient (Wildman–Crippen LogP) is 5.45. The summed E-state index contributed by atoms with van der Waals surface area (Å²) in [5.74, 6) is 4.80. The normalized spacial score (nSPS) is 22.9. The molecule has 1 aromatic carbocycles. The number of nitrogens with zero attached hydrogens (tertiary/aromatic N) is 3. The van der Waals surface area contributed by atoms with Gasteiger partial charge in [-0.25, -0.2) is 4.39 Å². The molecule has 1 aliphatic carbocycles. The molecule has 1 atom stereocenters. The van der Waals surface area contributed by atoms with Crippen molar-refractivity contribution in [1.29, 1.82) is 0 Å². The molecular formula is C31H44ClFN6O2. The van der Waals surface area contributed by atoms with Crippen LogP contribution in [0.15, 0.2) is 52.1 Å². The molecule has 8 nitrogen and oxygen atoms in total. The number of allylic oxidation sites excluding steroid dienone is 1. The van der Waals surface area contributed by atoms with Gasteiger partial charge in [0.25, 0.3) is 11.8 Å². The lowest BCUT2D eigenvalue weighted by atomic mass is 9.69. The largest absolute Gasteiger partial charge is 0.384 e. The molecular weight excluding hydrogens is 543 g/mol. The van der Waals surface area contributed by atoms with Crippen LogP contribution in [0.1, 0.15) is 85.1 Å². The van der Waals surface area contributed by atoms with Crippen molar-refractivity contribution in [3.63, 3.8) is 0 Å². The number of nitrogens with one attached hydrogen (secondary N) is 1. The van der Waals surface area contributed by atoms with E-state index in [-0.39, 0.29) is 46.4 Å². The molecule has 1 fully saturated rings. The van der Waals surface area contributed by atoms with Crippen molar-refractivity contribution in [3.05, 3.63) is 58.4 Å². The molecule has 2 amide bonds. The number of carbonyl (C=O) groups excluding carboxylic acids is 2. The second-order valence-electron chi connectivity index (χ2n) is 12.0. The van der Waals surface area contributed by atoms with Crippen LogP contribution in [0.3, 0.4) is 0 Å². The zero-order chi connectivity index (χ0) is 30.4. The maximum absolute atomic E-state index is 14.3. The fraction of sp³-hybridized carbons (Fsp3) is 0.548. The Labute approximate surface area is 248 Å². The van der Waals surface area contributed by atoms with E-state index in [1.807, 2.05) is 30.9 Å². The van der Waals surface area contributed by atoms with E-state index in [1.54, 1.807) is 12.1 Å². The quantitative estimate of drug-likeness (QED) is 0.0841. The standard InChI is InChI=1S/C31H44ClFN6O2/c1-6-9-20(28(40)36-19-26(34)38-35)10-8-11-25(7-2)39-29(41)27(21-16-23(32)18-24(33)17-21)37-31(39)14-12-22(13-15-31)30(3,4)5/h8-10,16-18,22,25H,6-7,11-15,19,35H2,1-5H3,(H2,34,38)(H,36,40)/b10-8-,20-9+. The molecule has 3 rings (SSSR count). The molecule has 1 aliphatic heterocycles. The first-order valence-electron chi connectivity index (χ1n) is 14.4. The van der Waals surface area contributed by atoms with Gasteiger partial charge in [0.1, 0.15) is 23.0 Å². The van der Waals surface area contributed by atoms with Crippen molar-refractivity contribution in [1.82, 2.24) is 10.2 Å². The van der Waals surface area contributed by atoms with Gasteiger partial charge in [-0.1, -0.05) is 64.4 Å². The van der Waals surface area contributed by atoms with E-state index in [9.17, 15) is 14.0 Å². The summed E-state index contributed by atoms with van der Waals surface area (Å²) < 4.78 is 14.3. The van der Waals surface area contributed by atoms with E-state index in [0.717, 1.165) is 25.7 Å². The molecule has 224 valence electrons. The Hall–Kier alpha value is -3.20. The molecule has 0 aromatic heterocycles. The van der Waals surface area contributed by atoms with Gasteiger partial charge < -0.3 is 21.8 Å². The highest BCUT2D eigenvalue weighted by molar-refractivity contribution is 6.47. The number of amides is 2. The number of carbonyl (C=O) groups is 2. The van der Waals surface area contributed by atoms with Gasteiger partial charge in [-0.3, -0.25) is 14.6 Å². The highest BCUT2D eigenvalue weighted by atomic mass is 35.5. The van der Waals surface area contributed by atoms with Crippen LogP contribution in [0.5, 0.6) is 0 Å². The van der Waals surface area contributed by atoms with Gasteiger partial charge in [0.2, 0.25) is 0 Å². The van der Waals surface area contributed by atoms with E-state index in [2.05, 4.69) is 31.2 Å². The average molecular weight is 587 g/mol. The van der Waals surface area contributed by atoms with Crippen LogP contribution in [0.25, 0.3) is 0 Å². The van der Waals surface area contributed by atoms with Crippen LogP contribution in [0.4, 0.5) is 4.39 Å². The Kier molecular flexibility index (Phi) is 10.8.